The third-order valence-corrected chi connectivity index (χ3v) is 8.21. The van der Waals surface area contributed by atoms with Crippen LogP contribution in [0, 0.1) is 34.5 Å². The molecular formula is C21H28O. The second kappa shape index (κ2) is 4.16. The molecule has 3 saturated carbocycles. The van der Waals surface area contributed by atoms with Crippen LogP contribution in [0.25, 0.3) is 0 Å². The summed E-state index contributed by atoms with van der Waals surface area (Å²) >= 11 is 0. The Morgan fingerprint density at radius 2 is 1.95 bits per heavy atom. The fourth-order valence-corrected chi connectivity index (χ4v) is 6.87. The van der Waals surface area contributed by atoms with E-state index in [-0.39, 0.29) is 0 Å². The van der Waals surface area contributed by atoms with Crippen molar-refractivity contribution in [2.45, 2.75) is 65.2 Å². The molecule has 5 rings (SSSR count). The highest BCUT2D eigenvalue weighted by Gasteiger charge is 2.62. The van der Waals surface area contributed by atoms with Crippen LogP contribution < -0.4 is 0 Å². The summed E-state index contributed by atoms with van der Waals surface area (Å²) in [7, 11) is 0. The average molecular weight is 296 g/mol. The van der Waals surface area contributed by atoms with E-state index in [4.69, 9.17) is 0 Å². The minimum atomic E-state index is 0.324. The predicted octanol–water partition coefficient (Wildman–Crippen LogP) is 5.07. The van der Waals surface area contributed by atoms with E-state index in [9.17, 15) is 4.79 Å². The van der Waals surface area contributed by atoms with Gasteiger partial charge in [0.2, 0.25) is 0 Å². The molecule has 0 radical (unpaired) electrons. The number of carbonyl (C=O) groups excluding carboxylic acids is 1. The first kappa shape index (κ1) is 13.6. The first-order valence-electron chi connectivity index (χ1n) is 9.49. The molecule has 3 fully saturated rings. The SMILES string of the molecule is CC1CC=C2C1CCC1C2CC2(CC2)C2=CC(=O)CCC21C. The van der Waals surface area contributed by atoms with Gasteiger partial charge in [-0.3, -0.25) is 4.79 Å². The third-order valence-electron chi connectivity index (χ3n) is 8.21. The normalized spacial score (nSPS) is 48.2. The summed E-state index contributed by atoms with van der Waals surface area (Å²) in [4.78, 5) is 12.1. The minimum Gasteiger partial charge on any atom is -0.295 e. The van der Waals surface area contributed by atoms with Crippen LogP contribution in [0.2, 0.25) is 0 Å². The van der Waals surface area contributed by atoms with Gasteiger partial charge >= 0.3 is 0 Å². The van der Waals surface area contributed by atoms with Gasteiger partial charge in [0.25, 0.3) is 0 Å². The summed E-state index contributed by atoms with van der Waals surface area (Å²) in [5.41, 5.74) is 4.18. The lowest BCUT2D eigenvalue weighted by Gasteiger charge is -2.56. The zero-order valence-corrected chi connectivity index (χ0v) is 14.0. The van der Waals surface area contributed by atoms with Crippen molar-refractivity contribution in [2.24, 2.45) is 34.5 Å². The number of allylic oxidation sites excluding steroid dienone is 4. The van der Waals surface area contributed by atoms with Crippen LogP contribution in [-0.4, -0.2) is 5.78 Å². The standard InChI is InChI=1S/C21H28O/c1-13-3-4-16-15(13)5-6-18-17(16)12-21(9-10-21)19-11-14(22)7-8-20(18,19)2/h4,11,13,15,17-18H,3,5-10,12H2,1-2H3. The molecule has 0 heterocycles. The molecule has 5 aliphatic rings. The molecule has 5 unspecified atom stereocenters. The van der Waals surface area contributed by atoms with Crippen LogP contribution in [0.1, 0.15) is 65.2 Å². The maximum atomic E-state index is 12.1. The highest BCUT2D eigenvalue weighted by molar-refractivity contribution is 5.92. The number of rotatable bonds is 0. The number of carbonyl (C=O) groups is 1. The Morgan fingerprint density at radius 1 is 1.14 bits per heavy atom. The van der Waals surface area contributed by atoms with Gasteiger partial charge in [-0.25, -0.2) is 0 Å². The fourth-order valence-electron chi connectivity index (χ4n) is 6.87. The van der Waals surface area contributed by atoms with E-state index in [1.54, 1.807) is 5.57 Å². The van der Waals surface area contributed by atoms with Gasteiger partial charge < -0.3 is 0 Å². The summed E-state index contributed by atoms with van der Waals surface area (Å²) in [6, 6.07) is 0. The number of fused-ring (bicyclic) bond motifs is 6. The highest BCUT2D eigenvalue weighted by atomic mass is 16.1. The lowest BCUT2D eigenvalue weighted by Crippen LogP contribution is -2.48. The molecule has 5 atom stereocenters. The molecule has 0 saturated heterocycles. The lowest BCUT2D eigenvalue weighted by molar-refractivity contribution is -0.116. The zero-order valence-electron chi connectivity index (χ0n) is 14.0. The number of hydrogen-bond acceptors (Lipinski definition) is 1. The molecule has 1 heteroatoms. The second-order valence-electron chi connectivity index (χ2n) is 9.24. The minimum absolute atomic E-state index is 0.324. The van der Waals surface area contributed by atoms with Crippen LogP contribution in [0.5, 0.6) is 0 Å². The van der Waals surface area contributed by atoms with E-state index < -0.39 is 0 Å². The van der Waals surface area contributed by atoms with E-state index >= 15 is 0 Å². The Kier molecular flexibility index (Phi) is 2.57. The molecular weight excluding hydrogens is 268 g/mol. The van der Waals surface area contributed by atoms with Gasteiger partial charge in [-0.15, -0.1) is 0 Å². The van der Waals surface area contributed by atoms with Crippen molar-refractivity contribution in [1.82, 2.24) is 0 Å². The van der Waals surface area contributed by atoms with E-state index in [0.717, 1.165) is 36.5 Å². The van der Waals surface area contributed by atoms with Gasteiger partial charge in [-0.2, -0.15) is 0 Å². The molecule has 0 amide bonds. The van der Waals surface area contributed by atoms with E-state index in [0.29, 0.717) is 16.6 Å². The monoisotopic (exact) mass is 296 g/mol. The molecule has 0 N–H and O–H groups in total. The Hall–Kier alpha value is -0.850. The maximum Gasteiger partial charge on any atom is 0.155 e. The van der Waals surface area contributed by atoms with Gasteiger partial charge in [0.1, 0.15) is 0 Å². The molecule has 0 bridgehead atoms. The largest absolute Gasteiger partial charge is 0.295 e. The maximum absolute atomic E-state index is 12.1. The van der Waals surface area contributed by atoms with Crippen molar-refractivity contribution in [3.63, 3.8) is 0 Å². The van der Waals surface area contributed by atoms with Crippen molar-refractivity contribution in [3.05, 3.63) is 23.3 Å². The molecule has 5 aliphatic carbocycles. The molecule has 0 aromatic carbocycles. The summed E-state index contributed by atoms with van der Waals surface area (Å²) in [6.45, 7) is 4.97. The van der Waals surface area contributed by atoms with Gasteiger partial charge in [-0.1, -0.05) is 31.1 Å². The summed E-state index contributed by atoms with van der Waals surface area (Å²) in [6.07, 6.45) is 14.8. The van der Waals surface area contributed by atoms with Crippen molar-refractivity contribution in [3.8, 4) is 0 Å². The van der Waals surface area contributed by atoms with E-state index in [1.807, 2.05) is 5.57 Å². The van der Waals surface area contributed by atoms with Gasteiger partial charge in [-0.05, 0) is 85.5 Å². The van der Waals surface area contributed by atoms with Crippen LogP contribution in [0.4, 0.5) is 0 Å². The van der Waals surface area contributed by atoms with Crippen molar-refractivity contribution < 1.29 is 4.79 Å². The van der Waals surface area contributed by atoms with Crippen LogP contribution in [-0.2, 0) is 4.79 Å². The first-order valence-corrected chi connectivity index (χ1v) is 9.49. The Bertz CT molecular complexity index is 605. The Labute approximate surface area is 134 Å². The predicted molar refractivity (Wildman–Crippen MR) is 88.3 cm³/mol. The second-order valence-corrected chi connectivity index (χ2v) is 9.24. The summed E-state index contributed by atoms with van der Waals surface area (Å²) in [5.74, 6) is 3.81. The lowest BCUT2D eigenvalue weighted by atomic mass is 9.47. The third kappa shape index (κ3) is 1.58. The Balaban J connectivity index is 1.60. The average Bonchev–Trinajstić information content (AvgIpc) is 3.17. The van der Waals surface area contributed by atoms with Crippen molar-refractivity contribution in [2.75, 3.05) is 0 Å². The molecule has 1 spiro atoms. The molecule has 118 valence electrons. The summed E-state index contributed by atoms with van der Waals surface area (Å²) < 4.78 is 0. The van der Waals surface area contributed by atoms with Crippen molar-refractivity contribution in [1.29, 1.82) is 0 Å². The first-order chi connectivity index (χ1) is 10.5. The molecule has 0 aromatic heterocycles. The highest BCUT2D eigenvalue weighted by Crippen LogP contribution is 2.72. The number of ketones is 1. The zero-order chi connectivity index (χ0) is 15.1. The molecule has 0 aliphatic heterocycles. The molecule has 22 heavy (non-hydrogen) atoms. The van der Waals surface area contributed by atoms with Crippen molar-refractivity contribution >= 4 is 5.78 Å². The Morgan fingerprint density at radius 3 is 2.73 bits per heavy atom. The van der Waals surface area contributed by atoms with E-state index in [1.165, 1.54) is 38.5 Å². The molecule has 1 nitrogen and oxygen atoms in total. The smallest absolute Gasteiger partial charge is 0.155 e. The van der Waals surface area contributed by atoms with Crippen LogP contribution >= 0.6 is 0 Å². The van der Waals surface area contributed by atoms with Gasteiger partial charge in [0, 0.05) is 6.42 Å². The van der Waals surface area contributed by atoms with E-state index in [2.05, 4.69) is 26.0 Å². The molecule has 0 aromatic rings. The van der Waals surface area contributed by atoms with Gasteiger partial charge in [0.15, 0.2) is 5.78 Å². The fraction of sp³-hybridized carbons (Fsp3) is 0.762. The number of hydrogen-bond donors (Lipinski definition) is 0. The summed E-state index contributed by atoms with van der Waals surface area (Å²) in [5, 5.41) is 0. The van der Waals surface area contributed by atoms with Gasteiger partial charge in [0.05, 0.1) is 0 Å². The quantitative estimate of drug-likeness (QED) is 0.570. The van der Waals surface area contributed by atoms with Crippen LogP contribution in [0.15, 0.2) is 23.3 Å². The topological polar surface area (TPSA) is 17.1 Å². The van der Waals surface area contributed by atoms with Crippen LogP contribution in [0.3, 0.4) is 0 Å².